The number of rotatable bonds is 7. The first-order valence-corrected chi connectivity index (χ1v) is 8.69. The average Bonchev–Trinajstić information content (AvgIpc) is 2.59. The fourth-order valence-electron chi connectivity index (χ4n) is 2.10. The molecule has 0 aliphatic heterocycles. The van der Waals surface area contributed by atoms with Gasteiger partial charge in [0.1, 0.15) is 0 Å². The van der Waals surface area contributed by atoms with Crippen molar-refractivity contribution in [2.45, 2.75) is 17.7 Å². The fraction of sp³-hybridized carbons (Fsp3) is 0.222. The third kappa shape index (κ3) is 5.45. The molecule has 2 amide bonds. The monoisotopic (exact) mass is 328 g/mol. The van der Waals surface area contributed by atoms with Crippen molar-refractivity contribution >= 4 is 29.3 Å². The van der Waals surface area contributed by atoms with Gasteiger partial charge in [0.05, 0.1) is 5.69 Å². The van der Waals surface area contributed by atoms with Crippen LogP contribution < -0.4 is 10.6 Å². The molecule has 0 heterocycles. The molecule has 2 aromatic carbocycles. The minimum Gasteiger partial charge on any atom is -0.352 e. The summed E-state index contributed by atoms with van der Waals surface area (Å²) in [6, 6.07) is 16.8. The van der Waals surface area contributed by atoms with Gasteiger partial charge in [-0.25, -0.2) is 0 Å². The fourth-order valence-corrected chi connectivity index (χ4v) is 2.66. The summed E-state index contributed by atoms with van der Waals surface area (Å²) in [6.07, 6.45) is 2.95. The van der Waals surface area contributed by atoms with Crippen molar-refractivity contribution in [1.82, 2.24) is 5.32 Å². The molecular formula is C18H20N2O2S. The van der Waals surface area contributed by atoms with E-state index in [0.29, 0.717) is 24.9 Å². The molecule has 5 heteroatoms. The van der Waals surface area contributed by atoms with Crippen LogP contribution in [0, 0.1) is 0 Å². The molecule has 0 fully saturated rings. The van der Waals surface area contributed by atoms with Crippen LogP contribution in [0.25, 0.3) is 0 Å². The lowest BCUT2D eigenvalue weighted by Gasteiger charge is -2.09. The summed E-state index contributed by atoms with van der Waals surface area (Å²) in [5.74, 6) is -0.154. The predicted molar refractivity (Wildman–Crippen MR) is 94.9 cm³/mol. The highest BCUT2D eigenvalue weighted by molar-refractivity contribution is 7.98. The Kier molecular flexibility index (Phi) is 6.69. The van der Waals surface area contributed by atoms with E-state index in [2.05, 4.69) is 10.6 Å². The lowest BCUT2D eigenvalue weighted by Crippen LogP contribution is -2.25. The van der Waals surface area contributed by atoms with E-state index in [1.54, 1.807) is 23.9 Å². The SMILES string of the molecule is CSc1ccccc1NC(=O)CCCNC(=O)c1ccccc1. The van der Waals surface area contributed by atoms with Crippen LogP contribution in [-0.4, -0.2) is 24.6 Å². The Morgan fingerprint density at radius 2 is 1.70 bits per heavy atom. The van der Waals surface area contributed by atoms with Crippen molar-refractivity contribution in [3.63, 3.8) is 0 Å². The van der Waals surface area contributed by atoms with Gasteiger partial charge in [-0.1, -0.05) is 30.3 Å². The molecule has 2 aromatic rings. The number of para-hydroxylation sites is 1. The number of thioether (sulfide) groups is 1. The molecule has 0 unspecified atom stereocenters. The molecule has 0 aliphatic rings. The van der Waals surface area contributed by atoms with Crippen molar-refractivity contribution in [2.75, 3.05) is 18.1 Å². The van der Waals surface area contributed by atoms with Crippen molar-refractivity contribution in [2.24, 2.45) is 0 Å². The smallest absolute Gasteiger partial charge is 0.251 e. The Labute approximate surface area is 140 Å². The largest absolute Gasteiger partial charge is 0.352 e. The van der Waals surface area contributed by atoms with Gasteiger partial charge in [-0.15, -0.1) is 11.8 Å². The highest BCUT2D eigenvalue weighted by Gasteiger charge is 2.07. The topological polar surface area (TPSA) is 58.2 Å². The summed E-state index contributed by atoms with van der Waals surface area (Å²) >= 11 is 1.60. The van der Waals surface area contributed by atoms with Gasteiger partial charge in [-0.05, 0) is 36.9 Å². The van der Waals surface area contributed by atoms with E-state index in [-0.39, 0.29) is 11.8 Å². The van der Waals surface area contributed by atoms with E-state index in [9.17, 15) is 9.59 Å². The average molecular weight is 328 g/mol. The highest BCUT2D eigenvalue weighted by atomic mass is 32.2. The van der Waals surface area contributed by atoms with E-state index in [1.165, 1.54) is 0 Å². The Morgan fingerprint density at radius 1 is 1.00 bits per heavy atom. The van der Waals surface area contributed by atoms with Crippen molar-refractivity contribution in [3.8, 4) is 0 Å². The second kappa shape index (κ2) is 9.00. The lowest BCUT2D eigenvalue weighted by atomic mass is 10.2. The van der Waals surface area contributed by atoms with E-state index < -0.39 is 0 Å². The van der Waals surface area contributed by atoms with Gasteiger partial charge in [0.25, 0.3) is 5.91 Å². The summed E-state index contributed by atoms with van der Waals surface area (Å²) < 4.78 is 0. The molecule has 2 N–H and O–H groups in total. The molecule has 0 spiro atoms. The first-order valence-electron chi connectivity index (χ1n) is 7.47. The van der Waals surface area contributed by atoms with Crippen molar-refractivity contribution in [3.05, 3.63) is 60.2 Å². The van der Waals surface area contributed by atoms with E-state index in [4.69, 9.17) is 0 Å². The molecule has 0 saturated heterocycles. The number of nitrogens with one attached hydrogen (secondary N) is 2. The zero-order valence-electron chi connectivity index (χ0n) is 13.0. The van der Waals surface area contributed by atoms with Gasteiger partial charge in [0.15, 0.2) is 0 Å². The summed E-state index contributed by atoms with van der Waals surface area (Å²) in [4.78, 5) is 24.9. The summed E-state index contributed by atoms with van der Waals surface area (Å²) in [7, 11) is 0. The number of benzene rings is 2. The minimum atomic E-state index is -0.112. The molecule has 0 aliphatic carbocycles. The zero-order chi connectivity index (χ0) is 16.5. The first kappa shape index (κ1) is 17.1. The molecule has 0 saturated carbocycles. The summed E-state index contributed by atoms with van der Waals surface area (Å²) in [6.45, 7) is 0.478. The number of anilines is 1. The Morgan fingerprint density at radius 3 is 2.43 bits per heavy atom. The second-order valence-electron chi connectivity index (χ2n) is 4.97. The third-order valence-corrected chi connectivity index (χ3v) is 4.08. The maximum Gasteiger partial charge on any atom is 0.251 e. The van der Waals surface area contributed by atoms with Gasteiger partial charge >= 0.3 is 0 Å². The standard InChI is InChI=1S/C18H20N2O2S/c1-23-16-11-6-5-10-15(16)20-17(21)12-7-13-19-18(22)14-8-3-2-4-9-14/h2-6,8-11H,7,12-13H2,1H3,(H,19,22)(H,20,21). The second-order valence-corrected chi connectivity index (χ2v) is 5.82. The number of hydrogen-bond acceptors (Lipinski definition) is 3. The van der Waals surface area contributed by atoms with Crippen molar-refractivity contribution < 1.29 is 9.59 Å². The number of amides is 2. The normalized spacial score (nSPS) is 10.1. The van der Waals surface area contributed by atoms with E-state index in [0.717, 1.165) is 10.6 Å². The highest BCUT2D eigenvalue weighted by Crippen LogP contribution is 2.24. The van der Waals surface area contributed by atoms with Crippen LogP contribution in [0.1, 0.15) is 23.2 Å². The van der Waals surface area contributed by atoms with Crippen LogP contribution >= 0.6 is 11.8 Å². The number of carbonyl (C=O) groups is 2. The van der Waals surface area contributed by atoms with Crippen LogP contribution in [0.4, 0.5) is 5.69 Å². The molecule has 2 rings (SSSR count). The van der Waals surface area contributed by atoms with Gasteiger partial charge in [0, 0.05) is 23.4 Å². The van der Waals surface area contributed by atoms with Crippen LogP contribution in [0.5, 0.6) is 0 Å². The predicted octanol–water partition coefficient (Wildman–Crippen LogP) is 3.56. The maximum absolute atomic E-state index is 12.0. The van der Waals surface area contributed by atoms with Crippen LogP contribution in [0.3, 0.4) is 0 Å². The van der Waals surface area contributed by atoms with E-state index in [1.807, 2.05) is 48.7 Å². The Bertz CT molecular complexity index is 659. The first-order chi connectivity index (χ1) is 11.2. The van der Waals surface area contributed by atoms with Crippen LogP contribution in [0.15, 0.2) is 59.5 Å². The van der Waals surface area contributed by atoms with Crippen molar-refractivity contribution in [1.29, 1.82) is 0 Å². The number of hydrogen-bond donors (Lipinski definition) is 2. The molecule has 120 valence electrons. The molecule has 0 bridgehead atoms. The molecule has 23 heavy (non-hydrogen) atoms. The lowest BCUT2D eigenvalue weighted by molar-refractivity contribution is -0.116. The molecule has 0 aromatic heterocycles. The Balaban J connectivity index is 1.72. The molecule has 4 nitrogen and oxygen atoms in total. The van der Waals surface area contributed by atoms with Gasteiger partial charge in [0.2, 0.25) is 5.91 Å². The molecular weight excluding hydrogens is 308 g/mol. The van der Waals surface area contributed by atoms with Crippen LogP contribution in [-0.2, 0) is 4.79 Å². The summed E-state index contributed by atoms with van der Waals surface area (Å²) in [5.41, 5.74) is 1.46. The van der Waals surface area contributed by atoms with Crippen LogP contribution in [0.2, 0.25) is 0 Å². The Hall–Kier alpha value is -2.27. The van der Waals surface area contributed by atoms with E-state index >= 15 is 0 Å². The third-order valence-electron chi connectivity index (χ3n) is 3.28. The van der Waals surface area contributed by atoms with Gasteiger partial charge in [-0.2, -0.15) is 0 Å². The maximum atomic E-state index is 12.0. The molecule has 0 radical (unpaired) electrons. The molecule has 0 atom stereocenters. The van der Waals surface area contributed by atoms with Gasteiger partial charge < -0.3 is 10.6 Å². The van der Waals surface area contributed by atoms with Gasteiger partial charge in [-0.3, -0.25) is 9.59 Å². The minimum absolute atomic E-state index is 0.0412. The number of carbonyl (C=O) groups excluding carboxylic acids is 2. The summed E-state index contributed by atoms with van der Waals surface area (Å²) in [5, 5.41) is 5.73. The quantitative estimate of drug-likeness (QED) is 0.603. The zero-order valence-corrected chi connectivity index (χ0v) is 13.9.